The molecule has 5 heteroatoms. The fourth-order valence-electron chi connectivity index (χ4n) is 1.80. The highest BCUT2D eigenvalue weighted by Crippen LogP contribution is 2.11. The maximum Gasteiger partial charge on any atom is 0.240 e. The van der Waals surface area contributed by atoms with Gasteiger partial charge in [0.1, 0.15) is 17.6 Å². The number of carbonyl (C=O) groups is 1. The van der Waals surface area contributed by atoms with Crippen LogP contribution in [-0.2, 0) is 11.2 Å². The Hall–Kier alpha value is -2.30. The van der Waals surface area contributed by atoms with Gasteiger partial charge in [-0.25, -0.2) is 4.98 Å². The average Bonchev–Trinajstić information content (AvgIpc) is 2.87. The van der Waals surface area contributed by atoms with E-state index in [-0.39, 0.29) is 5.91 Å². The minimum absolute atomic E-state index is 0.372. The van der Waals surface area contributed by atoms with E-state index in [0.29, 0.717) is 13.0 Å². The standard InChI is InChI=1S/C14H17N3O2/c1-11(14(15)18)17-9-8-16-13(17)7-10-19-12-5-3-2-4-6-12/h2-6,8-9,11H,7,10H2,1H3,(H2,15,18). The Labute approximate surface area is 112 Å². The molecule has 1 unspecified atom stereocenters. The Morgan fingerprint density at radius 2 is 2.16 bits per heavy atom. The molecule has 1 heterocycles. The Balaban J connectivity index is 1.93. The third kappa shape index (κ3) is 3.34. The van der Waals surface area contributed by atoms with Crippen molar-refractivity contribution in [2.45, 2.75) is 19.4 Å². The molecule has 0 fully saturated rings. The van der Waals surface area contributed by atoms with E-state index >= 15 is 0 Å². The second-order valence-electron chi connectivity index (χ2n) is 4.24. The van der Waals surface area contributed by atoms with Gasteiger partial charge in [0.2, 0.25) is 5.91 Å². The number of hydrogen-bond acceptors (Lipinski definition) is 3. The molecule has 0 aliphatic rings. The van der Waals surface area contributed by atoms with Crippen molar-refractivity contribution in [3.8, 4) is 5.75 Å². The van der Waals surface area contributed by atoms with Crippen molar-refractivity contribution in [3.05, 3.63) is 48.5 Å². The molecule has 1 aromatic heterocycles. The molecule has 2 N–H and O–H groups in total. The van der Waals surface area contributed by atoms with Gasteiger partial charge in [0, 0.05) is 18.8 Å². The predicted octanol–water partition coefficient (Wildman–Crippen LogP) is 1.55. The van der Waals surface area contributed by atoms with E-state index in [1.54, 1.807) is 23.9 Å². The van der Waals surface area contributed by atoms with Gasteiger partial charge in [0.25, 0.3) is 0 Å². The number of rotatable bonds is 6. The Bertz CT molecular complexity index is 537. The molecule has 0 aliphatic heterocycles. The van der Waals surface area contributed by atoms with Crippen molar-refractivity contribution in [1.82, 2.24) is 9.55 Å². The van der Waals surface area contributed by atoms with E-state index in [1.165, 1.54) is 0 Å². The summed E-state index contributed by atoms with van der Waals surface area (Å²) in [6.45, 7) is 2.26. The summed E-state index contributed by atoms with van der Waals surface area (Å²) in [7, 11) is 0. The van der Waals surface area contributed by atoms with Crippen LogP contribution in [0.5, 0.6) is 5.75 Å². The van der Waals surface area contributed by atoms with E-state index in [2.05, 4.69) is 4.98 Å². The Morgan fingerprint density at radius 3 is 2.84 bits per heavy atom. The van der Waals surface area contributed by atoms with Crippen LogP contribution in [0.1, 0.15) is 18.8 Å². The minimum atomic E-state index is -0.394. The lowest BCUT2D eigenvalue weighted by Crippen LogP contribution is -2.25. The Kier molecular flexibility index (Phi) is 4.18. The van der Waals surface area contributed by atoms with Crippen molar-refractivity contribution < 1.29 is 9.53 Å². The molecule has 19 heavy (non-hydrogen) atoms. The minimum Gasteiger partial charge on any atom is -0.493 e. The van der Waals surface area contributed by atoms with Gasteiger partial charge in [-0.15, -0.1) is 0 Å². The molecule has 100 valence electrons. The summed E-state index contributed by atoms with van der Waals surface area (Å²) in [6.07, 6.45) is 4.05. The van der Waals surface area contributed by atoms with Crippen LogP contribution in [0.3, 0.4) is 0 Å². The second kappa shape index (κ2) is 6.04. The molecular weight excluding hydrogens is 242 g/mol. The van der Waals surface area contributed by atoms with Crippen molar-refractivity contribution >= 4 is 5.91 Å². The molecular formula is C14H17N3O2. The zero-order valence-electron chi connectivity index (χ0n) is 10.8. The first-order valence-corrected chi connectivity index (χ1v) is 6.17. The van der Waals surface area contributed by atoms with Crippen LogP contribution in [0.25, 0.3) is 0 Å². The molecule has 1 amide bonds. The lowest BCUT2D eigenvalue weighted by atomic mass is 10.3. The summed E-state index contributed by atoms with van der Waals surface area (Å²) in [6, 6.07) is 9.19. The zero-order valence-corrected chi connectivity index (χ0v) is 10.8. The van der Waals surface area contributed by atoms with Gasteiger partial charge in [0.15, 0.2) is 0 Å². The van der Waals surface area contributed by atoms with Gasteiger partial charge < -0.3 is 15.0 Å². The highest BCUT2D eigenvalue weighted by atomic mass is 16.5. The van der Waals surface area contributed by atoms with E-state index in [4.69, 9.17) is 10.5 Å². The molecule has 0 saturated carbocycles. The highest BCUT2D eigenvalue weighted by Gasteiger charge is 2.14. The van der Waals surface area contributed by atoms with Crippen molar-refractivity contribution in [3.63, 3.8) is 0 Å². The number of para-hydroxylation sites is 1. The molecule has 0 saturated heterocycles. The molecule has 5 nitrogen and oxygen atoms in total. The fraction of sp³-hybridized carbons (Fsp3) is 0.286. The average molecular weight is 259 g/mol. The van der Waals surface area contributed by atoms with Gasteiger partial charge in [-0.05, 0) is 19.1 Å². The van der Waals surface area contributed by atoms with Crippen LogP contribution in [0, 0.1) is 0 Å². The van der Waals surface area contributed by atoms with Gasteiger partial charge >= 0.3 is 0 Å². The normalized spacial score (nSPS) is 12.1. The largest absolute Gasteiger partial charge is 0.493 e. The topological polar surface area (TPSA) is 70.1 Å². The number of benzene rings is 1. The molecule has 1 aromatic carbocycles. The van der Waals surface area contributed by atoms with Crippen LogP contribution >= 0.6 is 0 Å². The van der Waals surface area contributed by atoms with Gasteiger partial charge in [-0.3, -0.25) is 4.79 Å². The number of nitrogens with two attached hydrogens (primary N) is 1. The molecule has 0 spiro atoms. The lowest BCUT2D eigenvalue weighted by Gasteiger charge is -2.13. The van der Waals surface area contributed by atoms with E-state index in [0.717, 1.165) is 11.6 Å². The summed E-state index contributed by atoms with van der Waals surface area (Å²) >= 11 is 0. The maximum atomic E-state index is 11.2. The molecule has 2 aromatic rings. The van der Waals surface area contributed by atoms with E-state index in [1.807, 2.05) is 30.3 Å². The van der Waals surface area contributed by atoms with Crippen LogP contribution in [0.2, 0.25) is 0 Å². The fourth-order valence-corrected chi connectivity index (χ4v) is 1.80. The van der Waals surface area contributed by atoms with Crippen LogP contribution < -0.4 is 10.5 Å². The first kappa shape index (κ1) is 13.1. The van der Waals surface area contributed by atoms with Crippen molar-refractivity contribution in [1.29, 1.82) is 0 Å². The number of ether oxygens (including phenoxy) is 1. The van der Waals surface area contributed by atoms with Crippen molar-refractivity contribution in [2.75, 3.05) is 6.61 Å². The molecule has 2 rings (SSSR count). The molecule has 0 radical (unpaired) electrons. The number of aromatic nitrogens is 2. The number of imidazole rings is 1. The molecule has 0 bridgehead atoms. The number of nitrogens with zero attached hydrogens (tertiary/aromatic N) is 2. The van der Waals surface area contributed by atoms with Crippen LogP contribution in [-0.4, -0.2) is 22.1 Å². The second-order valence-corrected chi connectivity index (χ2v) is 4.24. The van der Waals surface area contributed by atoms with Gasteiger partial charge in [-0.1, -0.05) is 18.2 Å². The van der Waals surface area contributed by atoms with Gasteiger partial charge in [0.05, 0.1) is 6.61 Å². The van der Waals surface area contributed by atoms with Crippen molar-refractivity contribution in [2.24, 2.45) is 5.73 Å². The summed E-state index contributed by atoms with van der Waals surface area (Å²) in [5.74, 6) is 1.24. The number of primary amides is 1. The molecule has 0 aliphatic carbocycles. The SMILES string of the molecule is CC(C(N)=O)n1ccnc1CCOc1ccccc1. The number of amides is 1. The van der Waals surface area contributed by atoms with E-state index in [9.17, 15) is 4.79 Å². The quantitative estimate of drug-likeness (QED) is 0.855. The third-order valence-corrected chi connectivity index (χ3v) is 2.92. The third-order valence-electron chi connectivity index (χ3n) is 2.92. The van der Waals surface area contributed by atoms with Crippen LogP contribution in [0.4, 0.5) is 0 Å². The number of carbonyl (C=O) groups excluding carboxylic acids is 1. The van der Waals surface area contributed by atoms with Crippen LogP contribution in [0.15, 0.2) is 42.7 Å². The summed E-state index contributed by atoms with van der Waals surface area (Å²) < 4.78 is 7.38. The number of hydrogen-bond donors (Lipinski definition) is 1. The van der Waals surface area contributed by atoms with Gasteiger partial charge in [-0.2, -0.15) is 0 Å². The first-order chi connectivity index (χ1) is 9.18. The lowest BCUT2D eigenvalue weighted by molar-refractivity contribution is -0.120. The zero-order chi connectivity index (χ0) is 13.7. The first-order valence-electron chi connectivity index (χ1n) is 6.17. The predicted molar refractivity (Wildman–Crippen MR) is 71.8 cm³/mol. The summed E-state index contributed by atoms with van der Waals surface area (Å²) in [5, 5.41) is 0. The smallest absolute Gasteiger partial charge is 0.240 e. The maximum absolute atomic E-state index is 11.2. The summed E-state index contributed by atoms with van der Waals surface area (Å²) in [4.78, 5) is 15.4. The summed E-state index contributed by atoms with van der Waals surface area (Å²) in [5.41, 5.74) is 5.30. The molecule has 1 atom stereocenters. The highest BCUT2D eigenvalue weighted by molar-refractivity contribution is 5.77. The Morgan fingerprint density at radius 1 is 1.42 bits per heavy atom. The van der Waals surface area contributed by atoms with E-state index < -0.39 is 6.04 Å². The monoisotopic (exact) mass is 259 g/mol.